The van der Waals surface area contributed by atoms with Crippen molar-refractivity contribution in [2.45, 2.75) is 44.0 Å². The lowest BCUT2D eigenvalue weighted by Gasteiger charge is -2.32. The first kappa shape index (κ1) is 25.0. The summed E-state index contributed by atoms with van der Waals surface area (Å²) in [6.07, 6.45) is 2.70. The van der Waals surface area contributed by atoms with Gasteiger partial charge in [-0.2, -0.15) is 4.31 Å². The number of anilines is 1. The van der Waals surface area contributed by atoms with Gasteiger partial charge in [-0.3, -0.25) is 10.1 Å². The van der Waals surface area contributed by atoms with E-state index in [1.165, 1.54) is 28.6 Å². The molecule has 1 fully saturated rings. The summed E-state index contributed by atoms with van der Waals surface area (Å²) >= 11 is 1.03. The average Bonchev–Trinajstić information content (AvgIpc) is 3.29. The number of esters is 1. The molecular formula is C25H27N3O5S2. The summed E-state index contributed by atoms with van der Waals surface area (Å²) in [6.45, 7) is 4.36. The molecular weight excluding hydrogens is 486 g/mol. The number of carbonyl (C=O) groups excluding carboxylic acids is 2. The van der Waals surface area contributed by atoms with Crippen molar-refractivity contribution in [3.63, 3.8) is 0 Å². The number of hydrogen-bond acceptors (Lipinski definition) is 7. The van der Waals surface area contributed by atoms with Gasteiger partial charge in [-0.15, -0.1) is 0 Å². The van der Waals surface area contributed by atoms with E-state index in [1.807, 2.05) is 37.3 Å². The van der Waals surface area contributed by atoms with Gasteiger partial charge >= 0.3 is 5.97 Å². The highest BCUT2D eigenvalue weighted by molar-refractivity contribution is 7.89. The highest BCUT2D eigenvalue weighted by atomic mass is 32.2. The number of sulfonamides is 1. The Hall–Kier alpha value is -3.08. The van der Waals surface area contributed by atoms with E-state index in [2.05, 4.69) is 10.3 Å². The number of hydrogen-bond donors (Lipinski definition) is 1. The summed E-state index contributed by atoms with van der Waals surface area (Å²) in [5.41, 5.74) is 1.44. The van der Waals surface area contributed by atoms with Crippen LogP contribution in [0.3, 0.4) is 0 Å². The highest BCUT2D eigenvalue weighted by Gasteiger charge is 2.31. The Morgan fingerprint density at radius 1 is 1.11 bits per heavy atom. The fourth-order valence-corrected chi connectivity index (χ4v) is 6.59. The number of piperidine rings is 1. The second-order valence-corrected chi connectivity index (χ2v) is 11.1. The summed E-state index contributed by atoms with van der Waals surface area (Å²) in [5, 5.41) is 2.96. The zero-order valence-corrected chi connectivity index (χ0v) is 21.2. The second-order valence-electron chi connectivity index (χ2n) is 8.22. The van der Waals surface area contributed by atoms with Crippen LogP contribution in [0.15, 0.2) is 59.5 Å². The van der Waals surface area contributed by atoms with Crippen LogP contribution in [0.5, 0.6) is 0 Å². The molecule has 1 atom stereocenters. The predicted octanol–water partition coefficient (Wildman–Crippen LogP) is 4.80. The smallest absolute Gasteiger partial charge is 0.350 e. The maximum Gasteiger partial charge on any atom is 0.350 e. The molecule has 1 N–H and O–H groups in total. The highest BCUT2D eigenvalue weighted by Crippen LogP contribution is 2.32. The second kappa shape index (κ2) is 10.7. The van der Waals surface area contributed by atoms with Crippen LogP contribution in [0.2, 0.25) is 0 Å². The molecule has 2 heterocycles. The number of benzene rings is 2. The van der Waals surface area contributed by atoms with E-state index in [9.17, 15) is 18.0 Å². The standard InChI is InChI=1S/C25H27N3O5S2/c1-3-33-24(30)22-21(18-10-5-4-6-11-18)26-25(34-22)27-23(29)19-12-14-20(15-13-19)35(31,32)28-16-8-7-9-17(28)2/h4-6,10-15,17H,3,7-9,16H2,1-2H3,(H,26,27,29)/t17-/m0/s1. The van der Waals surface area contributed by atoms with E-state index < -0.39 is 21.9 Å². The third-order valence-electron chi connectivity index (χ3n) is 5.82. The number of rotatable bonds is 7. The average molecular weight is 514 g/mol. The van der Waals surface area contributed by atoms with E-state index in [4.69, 9.17) is 4.74 Å². The summed E-state index contributed by atoms with van der Waals surface area (Å²) in [6, 6.07) is 15.0. The number of nitrogens with zero attached hydrogens (tertiary/aromatic N) is 2. The van der Waals surface area contributed by atoms with Crippen molar-refractivity contribution in [3.05, 3.63) is 65.0 Å². The number of thiazole rings is 1. The number of nitrogens with one attached hydrogen (secondary N) is 1. The Kier molecular flexibility index (Phi) is 7.63. The van der Waals surface area contributed by atoms with E-state index in [0.717, 1.165) is 36.2 Å². The van der Waals surface area contributed by atoms with Crippen molar-refractivity contribution in [1.82, 2.24) is 9.29 Å². The maximum absolute atomic E-state index is 13.0. The van der Waals surface area contributed by atoms with Gasteiger partial charge < -0.3 is 4.74 Å². The van der Waals surface area contributed by atoms with Gasteiger partial charge in [0.1, 0.15) is 4.88 Å². The molecule has 0 spiro atoms. The van der Waals surface area contributed by atoms with E-state index in [0.29, 0.717) is 17.1 Å². The Bertz CT molecular complexity index is 1300. The van der Waals surface area contributed by atoms with Crippen molar-refractivity contribution >= 4 is 38.4 Å². The lowest BCUT2D eigenvalue weighted by molar-refractivity contribution is 0.0532. The molecule has 1 aliphatic rings. The molecule has 3 aromatic rings. The lowest BCUT2D eigenvalue weighted by Crippen LogP contribution is -2.41. The normalized spacial score (nSPS) is 16.6. The van der Waals surface area contributed by atoms with Crippen molar-refractivity contribution < 1.29 is 22.7 Å². The number of ether oxygens (including phenoxy) is 1. The molecule has 10 heteroatoms. The van der Waals surface area contributed by atoms with Crippen LogP contribution in [0.4, 0.5) is 5.13 Å². The molecule has 0 unspecified atom stereocenters. The molecule has 1 saturated heterocycles. The third kappa shape index (κ3) is 5.44. The molecule has 184 valence electrons. The van der Waals surface area contributed by atoms with Gasteiger partial charge in [-0.1, -0.05) is 48.1 Å². The fourth-order valence-electron chi connectivity index (χ4n) is 4.01. The summed E-state index contributed by atoms with van der Waals surface area (Å²) < 4.78 is 32.8. The molecule has 1 amide bonds. The number of aromatic nitrogens is 1. The van der Waals surface area contributed by atoms with Gasteiger partial charge in [0.25, 0.3) is 5.91 Å². The molecule has 1 aromatic heterocycles. The largest absolute Gasteiger partial charge is 0.462 e. The van der Waals surface area contributed by atoms with Gasteiger partial charge in [0.15, 0.2) is 5.13 Å². The Balaban J connectivity index is 1.54. The minimum absolute atomic E-state index is 0.0472. The number of carbonyl (C=O) groups is 2. The predicted molar refractivity (Wildman–Crippen MR) is 135 cm³/mol. The first-order chi connectivity index (χ1) is 16.8. The van der Waals surface area contributed by atoms with Crippen molar-refractivity contribution in [2.75, 3.05) is 18.5 Å². The Morgan fingerprint density at radius 2 is 1.83 bits per heavy atom. The van der Waals surface area contributed by atoms with Crippen LogP contribution >= 0.6 is 11.3 Å². The molecule has 2 aromatic carbocycles. The molecule has 8 nitrogen and oxygen atoms in total. The lowest BCUT2D eigenvalue weighted by atomic mass is 10.1. The first-order valence-corrected chi connectivity index (χ1v) is 13.7. The molecule has 4 rings (SSSR count). The third-order valence-corrected chi connectivity index (χ3v) is 8.80. The summed E-state index contributed by atoms with van der Waals surface area (Å²) in [5.74, 6) is -0.963. The van der Waals surface area contributed by atoms with Crippen molar-refractivity contribution in [2.24, 2.45) is 0 Å². The first-order valence-electron chi connectivity index (χ1n) is 11.5. The number of amides is 1. The summed E-state index contributed by atoms with van der Waals surface area (Å²) in [7, 11) is -3.62. The van der Waals surface area contributed by atoms with Gasteiger partial charge in [0.05, 0.1) is 17.2 Å². The van der Waals surface area contributed by atoms with E-state index >= 15 is 0 Å². The van der Waals surface area contributed by atoms with Crippen LogP contribution in [0.1, 0.15) is 53.1 Å². The monoisotopic (exact) mass is 513 g/mol. The van der Waals surface area contributed by atoms with Crippen molar-refractivity contribution in [1.29, 1.82) is 0 Å². The minimum atomic E-state index is -3.62. The molecule has 0 bridgehead atoms. The molecule has 0 saturated carbocycles. The van der Waals surface area contributed by atoms with Gasteiger partial charge in [0.2, 0.25) is 10.0 Å². The maximum atomic E-state index is 13.0. The van der Waals surface area contributed by atoms with E-state index in [1.54, 1.807) is 6.92 Å². The minimum Gasteiger partial charge on any atom is -0.462 e. The van der Waals surface area contributed by atoms with Gasteiger partial charge in [-0.05, 0) is 51.0 Å². The molecule has 0 radical (unpaired) electrons. The van der Waals surface area contributed by atoms with Crippen molar-refractivity contribution in [3.8, 4) is 11.3 Å². The Labute approximate surface area is 209 Å². The molecule has 1 aliphatic heterocycles. The van der Waals surface area contributed by atoms with Crippen LogP contribution in [-0.2, 0) is 14.8 Å². The SMILES string of the molecule is CCOC(=O)c1sc(NC(=O)c2ccc(S(=O)(=O)N3CCCC[C@@H]3C)cc2)nc1-c1ccccc1. The van der Waals surface area contributed by atoms with Crippen LogP contribution < -0.4 is 5.32 Å². The summed E-state index contributed by atoms with van der Waals surface area (Å²) in [4.78, 5) is 30.2. The molecule has 35 heavy (non-hydrogen) atoms. The quantitative estimate of drug-likeness (QED) is 0.455. The molecule has 0 aliphatic carbocycles. The van der Waals surface area contributed by atoms with E-state index in [-0.39, 0.29) is 28.2 Å². The van der Waals surface area contributed by atoms with Gasteiger partial charge in [0, 0.05) is 23.7 Å². The topological polar surface area (TPSA) is 106 Å². The van der Waals surface area contributed by atoms with Gasteiger partial charge in [-0.25, -0.2) is 18.2 Å². The zero-order chi connectivity index (χ0) is 25.0. The van der Waals surface area contributed by atoms with Crippen LogP contribution in [0.25, 0.3) is 11.3 Å². The fraction of sp³-hybridized carbons (Fsp3) is 0.320. The zero-order valence-electron chi connectivity index (χ0n) is 19.6. The van der Waals surface area contributed by atoms with Crippen LogP contribution in [0, 0.1) is 0 Å². The van der Waals surface area contributed by atoms with Crippen LogP contribution in [-0.4, -0.2) is 48.8 Å². The Morgan fingerprint density at radius 3 is 2.49 bits per heavy atom.